The van der Waals surface area contributed by atoms with Gasteiger partial charge >= 0.3 is 0 Å². The van der Waals surface area contributed by atoms with Gasteiger partial charge in [0.15, 0.2) is 0 Å². The van der Waals surface area contributed by atoms with E-state index in [-0.39, 0.29) is 5.91 Å². The van der Waals surface area contributed by atoms with Crippen LogP contribution in [0, 0.1) is 13.8 Å². The number of aromatic nitrogens is 1. The van der Waals surface area contributed by atoms with Crippen LogP contribution in [0.4, 0.5) is 5.69 Å². The molecule has 3 rings (SSSR count). The van der Waals surface area contributed by atoms with Gasteiger partial charge in [-0.3, -0.25) is 4.79 Å². The molecule has 0 saturated carbocycles. The molecule has 0 N–H and O–H groups in total. The molecule has 0 saturated heterocycles. The Bertz CT molecular complexity index is 691. The van der Waals surface area contributed by atoms with Crippen molar-refractivity contribution in [2.24, 2.45) is 0 Å². The third-order valence-electron chi connectivity index (χ3n) is 4.31. The minimum absolute atomic E-state index is 0.173. The maximum absolute atomic E-state index is 12.8. The number of aryl methyl sites for hydroxylation is 2. The molecule has 122 valence electrons. The smallest absolute Gasteiger partial charge is 0.227 e. The number of fused-ring (bicyclic) bond motifs is 1. The van der Waals surface area contributed by atoms with Gasteiger partial charge in [-0.25, -0.2) is 0 Å². The van der Waals surface area contributed by atoms with E-state index in [9.17, 15) is 4.79 Å². The second-order valence-electron chi connectivity index (χ2n) is 6.03. The van der Waals surface area contributed by atoms with Gasteiger partial charge in [0.2, 0.25) is 5.91 Å². The van der Waals surface area contributed by atoms with Crippen LogP contribution in [-0.4, -0.2) is 22.9 Å². The first-order valence-corrected chi connectivity index (χ1v) is 8.92. The van der Waals surface area contributed by atoms with Gasteiger partial charge in [0.05, 0.1) is 11.4 Å². The predicted molar refractivity (Wildman–Crippen MR) is 93.0 cm³/mol. The van der Waals surface area contributed by atoms with Crippen molar-refractivity contribution in [2.45, 2.75) is 50.2 Å². The standard InChI is InChI=1S/C18H22N2O2S/c1-12-10-11-20(16-6-4-5-7-17(16)23-12)18(21)9-8-15-13(2)19-22-14(15)3/h4-7,12H,8-11H2,1-3H3/t12-/m0/s1. The lowest BCUT2D eigenvalue weighted by atomic mass is 10.1. The second-order valence-corrected chi connectivity index (χ2v) is 7.51. The van der Waals surface area contributed by atoms with Crippen LogP contribution in [0.3, 0.4) is 0 Å². The second kappa shape index (κ2) is 6.79. The molecule has 1 aromatic heterocycles. The van der Waals surface area contributed by atoms with Crippen LogP contribution in [0.2, 0.25) is 0 Å². The number of hydrogen-bond donors (Lipinski definition) is 0. The first kappa shape index (κ1) is 16.1. The van der Waals surface area contributed by atoms with E-state index in [0.29, 0.717) is 18.1 Å². The molecule has 0 fully saturated rings. The first-order valence-electron chi connectivity index (χ1n) is 8.04. The van der Waals surface area contributed by atoms with Gasteiger partial charge in [0, 0.05) is 28.7 Å². The highest BCUT2D eigenvalue weighted by Crippen LogP contribution is 2.37. The topological polar surface area (TPSA) is 46.3 Å². The summed E-state index contributed by atoms with van der Waals surface area (Å²) in [6.45, 7) is 6.83. The molecule has 0 spiro atoms. The number of anilines is 1. The van der Waals surface area contributed by atoms with Crippen LogP contribution in [0.25, 0.3) is 0 Å². The van der Waals surface area contributed by atoms with Crippen molar-refractivity contribution in [3.05, 3.63) is 41.3 Å². The number of nitrogens with zero attached hydrogens (tertiary/aromatic N) is 2. The molecule has 1 aromatic carbocycles. The number of benzene rings is 1. The van der Waals surface area contributed by atoms with Crippen molar-refractivity contribution in [2.75, 3.05) is 11.4 Å². The number of carbonyl (C=O) groups excluding carboxylic acids is 1. The predicted octanol–water partition coefficient (Wildman–Crippen LogP) is 4.14. The molecule has 2 aromatic rings. The highest BCUT2D eigenvalue weighted by molar-refractivity contribution is 8.00. The molecule has 5 heteroatoms. The number of thioether (sulfide) groups is 1. The van der Waals surface area contributed by atoms with Gasteiger partial charge in [0.25, 0.3) is 0 Å². The van der Waals surface area contributed by atoms with E-state index in [2.05, 4.69) is 18.1 Å². The molecule has 0 aliphatic carbocycles. The highest BCUT2D eigenvalue weighted by atomic mass is 32.2. The molecule has 0 unspecified atom stereocenters. The Labute approximate surface area is 141 Å². The Morgan fingerprint density at radius 2 is 2.17 bits per heavy atom. The molecule has 1 aliphatic rings. The lowest BCUT2D eigenvalue weighted by Gasteiger charge is -2.22. The van der Waals surface area contributed by atoms with Gasteiger partial charge < -0.3 is 9.42 Å². The van der Waals surface area contributed by atoms with Crippen LogP contribution in [0.1, 0.15) is 36.8 Å². The van der Waals surface area contributed by atoms with Gasteiger partial charge in [0.1, 0.15) is 5.76 Å². The van der Waals surface area contributed by atoms with Crippen LogP contribution >= 0.6 is 11.8 Å². The molecule has 4 nitrogen and oxygen atoms in total. The molecule has 0 radical (unpaired) electrons. The van der Waals surface area contributed by atoms with E-state index >= 15 is 0 Å². The molecule has 1 atom stereocenters. The minimum Gasteiger partial charge on any atom is -0.361 e. The summed E-state index contributed by atoms with van der Waals surface area (Å²) in [6.07, 6.45) is 2.17. The number of hydrogen-bond acceptors (Lipinski definition) is 4. The highest BCUT2D eigenvalue weighted by Gasteiger charge is 2.24. The van der Waals surface area contributed by atoms with Gasteiger partial charge in [-0.2, -0.15) is 0 Å². The van der Waals surface area contributed by atoms with Gasteiger partial charge in [-0.1, -0.05) is 24.2 Å². The Morgan fingerprint density at radius 3 is 2.91 bits per heavy atom. The van der Waals surface area contributed by atoms with Crippen LogP contribution in [0.15, 0.2) is 33.7 Å². The van der Waals surface area contributed by atoms with E-state index in [1.165, 1.54) is 4.90 Å². The fourth-order valence-corrected chi connectivity index (χ4v) is 4.08. The summed E-state index contributed by atoms with van der Waals surface area (Å²) < 4.78 is 5.19. The van der Waals surface area contributed by atoms with Crippen molar-refractivity contribution in [3.8, 4) is 0 Å². The fourth-order valence-electron chi connectivity index (χ4n) is 2.97. The van der Waals surface area contributed by atoms with Gasteiger partial charge in [-0.15, -0.1) is 11.8 Å². The van der Waals surface area contributed by atoms with Crippen molar-refractivity contribution in [3.63, 3.8) is 0 Å². The molecular weight excluding hydrogens is 308 g/mol. The minimum atomic E-state index is 0.173. The van der Waals surface area contributed by atoms with Crippen molar-refractivity contribution < 1.29 is 9.32 Å². The van der Waals surface area contributed by atoms with Crippen LogP contribution < -0.4 is 4.90 Å². The quantitative estimate of drug-likeness (QED) is 0.848. The van der Waals surface area contributed by atoms with E-state index in [4.69, 9.17) is 4.52 Å². The third-order valence-corrected chi connectivity index (χ3v) is 5.55. The summed E-state index contributed by atoms with van der Waals surface area (Å²) >= 11 is 1.86. The zero-order chi connectivity index (χ0) is 16.4. The molecule has 0 bridgehead atoms. The Morgan fingerprint density at radius 1 is 1.39 bits per heavy atom. The normalized spacial score (nSPS) is 17.7. The lowest BCUT2D eigenvalue weighted by Crippen LogP contribution is -2.32. The van der Waals surface area contributed by atoms with Crippen molar-refractivity contribution in [1.29, 1.82) is 0 Å². The van der Waals surface area contributed by atoms with E-state index < -0.39 is 0 Å². The summed E-state index contributed by atoms with van der Waals surface area (Å²) in [6, 6.07) is 8.20. The number of para-hydroxylation sites is 1. The van der Waals surface area contributed by atoms with E-state index in [0.717, 1.165) is 35.7 Å². The van der Waals surface area contributed by atoms with Crippen LogP contribution in [-0.2, 0) is 11.2 Å². The van der Waals surface area contributed by atoms with Crippen LogP contribution in [0.5, 0.6) is 0 Å². The van der Waals surface area contributed by atoms with Gasteiger partial charge in [-0.05, 0) is 38.8 Å². The summed E-state index contributed by atoms with van der Waals surface area (Å²) in [5.74, 6) is 0.989. The van der Waals surface area contributed by atoms with E-state index in [1.807, 2.05) is 48.7 Å². The summed E-state index contributed by atoms with van der Waals surface area (Å²) in [5.41, 5.74) is 2.99. The van der Waals surface area contributed by atoms with Crippen molar-refractivity contribution in [1.82, 2.24) is 5.16 Å². The number of rotatable bonds is 3. The maximum atomic E-state index is 12.8. The largest absolute Gasteiger partial charge is 0.361 e. The number of carbonyl (C=O) groups is 1. The maximum Gasteiger partial charge on any atom is 0.227 e. The summed E-state index contributed by atoms with van der Waals surface area (Å²) in [7, 11) is 0. The lowest BCUT2D eigenvalue weighted by molar-refractivity contribution is -0.118. The Hall–Kier alpha value is -1.75. The van der Waals surface area contributed by atoms with Crippen molar-refractivity contribution >= 4 is 23.4 Å². The number of amides is 1. The molecule has 23 heavy (non-hydrogen) atoms. The zero-order valence-electron chi connectivity index (χ0n) is 13.8. The molecule has 2 heterocycles. The Kier molecular flexibility index (Phi) is 4.76. The monoisotopic (exact) mass is 330 g/mol. The van der Waals surface area contributed by atoms with E-state index in [1.54, 1.807) is 0 Å². The summed E-state index contributed by atoms with van der Waals surface area (Å²) in [5, 5.41) is 4.49. The average Bonchev–Trinajstić information content (AvgIpc) is 2.75. The Balaban J connectivity index is 1.77. The fraction of sp³-hybridized carbons (Fsp3) is 0.444. The molecular formula is C18H22N2O2S. The molecule has 1 amide bonds. The zero-order valence-corrected chi connectivity index (χ0v) is 14.7. The molecule has 1 aliphatic heterocycles. The summed E-state index contributed by atoms with van der Waals surface area (Å²) in [4.78, 5) is 15.9. The average molecular weight is 330 g/mol. The SMILES string of the molecule is Cc1noc(C)c1CCC(=O)N1CC[C@H](C)Sc2ccccc21. The first-order chi connectivity index (χ1) is 11.1. The third kappa shape index (κ3) is 3.44.